The Morgan fingerprint density at radius 3 is 2.28 bits per heavy atom. The van der Waals surface area contributed by atoms with Gasteiger partial charge in [0.15, 0.2) is 0 Å². The van der Waals surface area contributed by atoms with Gasteiger partial charge >= 0.3 is 21.5 Å². The van der Waals surface area contributed by atoms with Crippen LogP contribution in [-0.4, -0.2) is 26.8 Å². The van der Waals surface area contributed by atoms with Crippen LogP contribution in [-0.2, 0) is 20.3 Å². The Morgan fingerprint density at radius 1 is 1.09 bits per heavy atom. The van der Waals surface area contributed by atoms with Crippen molar-refractivity contribution in [1.29, 1.82) is 0 Å². The molecule has 0 aliphatic carbocycles. The van der Waals surface area contributed by atoms with Crippen LogP contribution in [0, 0.1) is 18.8 Å². The molecule has 0 spiro atoms. The van der Waals surface area contributed by atoms with E-state index in [2.05, 4.69) is 57.8 Å². The third-order valence-corrected chi connectivity index (χ3v) is 11.6. The number of carbonyl (C=O) groups excluding carboxylic acids is 1. The van der Waals surface area contributed by atoms with Gasteiger partial charge < -0.3 is 14.4 Å². The first-order valence-electron chi connectivity index (χ1n) is 14.9. The zero-order chi connectivity index (χ0) is 32.4. The molecule has 9 nitrogen and oxygen atoms in total. The van der Waals surface area contributed by atoms with Crippen molar-refractivity contribution in [3.63, 3.8) is 0 Å². The molecule has 4 unspecified atom stereocenters. The molecule has 1 aliphatic rings. The number of nitroso groups, excluding NO2 is 1. The van der Waals surface area contributed by atoms with E-state index in [1.54, 1.807) is 6.07 Å². The quantitative estimate of drug-likeness (QED) is 0.0602. The third kappa shape index (κ3) is 11.5. The van der Waals surface area contributed by atoms with Gasteiger partial charge in [-0.25, -0.2) is 0 Å². The van der Waals surface area contributed by atoms with Crippen molar-refractivity contribution in [2.24, 2.45) is 4.95 Å². The Bertz CT molecular complexity index is 1330. The Labute approximate surface area is 257 Å². The van der Waals surface area contributed by atoms with E-state index in [0.29, 0.717) is 5.75 Å². The zero-order valence-corrected chi connectivity index (χ0v) is 28.4. The van der Waals surface area contributed by atoms with E-state index in [0.717, 1.165) is 73.8 Å². The molecule has 0 saturated carbocycles. The minimum absolute atomic E-state index is 0.318. The van der Waals surface area contributed by atoms with Gasteiger partial charge in [0.1, 0.15) is 17.1 Å². The molecule has 0 bridgehead atoms. The summed E-state index contributed by atoms with van der Waals surface area (Å²) in [6.45, 7) is 14.5. The molecule has 0 radical (unpaired) electrons. The molecule has 11 heteroatoms. The van der Waals surface area contributed by atoms with Crippen LogP contribution >= 0.6 is 15.5 Å². The highest BCUT2D eigenvalue weighted by molar-refractivity contribution is 7.68. The van der Waals surface area contributed by atoms with Gasteiger partial charge in [0, 0.05) is 11.4 Å². The molecular weight excluding hydrogens is 588 g/mol. The topological polar surface area (TPSA) is 140 Å². The maximum Gasteiger partial charge on any atom is 0.521 e. The van der Waals surface area contributed by atoms with Crippen LogP contribution in [0.2, 0.25) is 0 Å². The molecule has 2 rings (SSSR count). The number of fused-ring (bicyclic) bond motifs is 1. The molecule has 0 aromatic heterocycles. The summed E-state index contributed by atoms with van der Waals surface area (Å²) in [5, 5.41) is -1.81. The second kappa shape index (κ2) is 16.6. The fourth-order valence-corrected chi connectivity index (χ4v) is 7.16. The summed E-state index contributed by atoms with van der Waals surface area (Å²) in [6, 6.07) is 1.78. The molecule has 1 heterocycles. The largest absolute Gasteiger partial charge is 0.521 e. The molecule has 0 saturated heterocycles. The Kier molecular flexibility index (Phi) is 14.2. The van der Waals surface area contributed by atoms with Crippen molar-refractivity contribution < 1.29 is 33.2 Å². The van der Waals surface area contributed by atoms with Crippen LogP contribution < -0.4 is 9.47 Å². The maximum atomic E-state index is 12.5. The average molecular weight is 637 g/mol. The number of allylic oxidation sites excluding steroid dienone is 6. The summed E-state index contributed by atoms with van der Waals surface area (Å²) >= 11 is 0. The smallest absolute Gasteiger partial charge is 0.487 e. The van der Waals surface area contributed by atoms with Crippen LogP contribution in [0.1, 0.15) is 109 Å². The van der Waals surface area contributed by atoms with Gasteiger partial charge in [0.05, 0.1) is 6.42 Å². The number of nitrogens with zero attached hydrogens (tertiary/aromatic N) is 1. The maximum absolute atomic E-state index is 12.5. The second-order valence-electron chi connectivity index (χ2n) is 12.1. The summed E-state index contributed by atoms with van der Waals surface area (Å²) in [5.74, 6) is 0.406. The Hall–Kier alpha value is -2.44. The number of rotatable bonds is 16. The molecule has 2 N–H and O–H groups in total. The molecule has 43 heavy (non-hydrogen) atoms. The number of hydrogen-bond acceptors (Lipinski definition) is 6. The lowest BCUT2D eigenvalue weighted by Crippen LogP contribution is -2.36. The van der Waals surface area contributed by atoms with Crippen LogP contribution in [0.4, 0.5) is 0 Å². The summed E-state index contributed by atoms with van der Waals surface area (Å²) < 4.78 is 35.3. The van der Waals surface area contributed by atoms with Gasteiger partial charge in [-0.05, 0) is 127 Å². The van der Waals surface area contributed by atoms with Crippen molar-refractivity contribution in [3.8, 4) is 11.5 Å². The van der Waals surface area contributed by atoms with Gasteiger partial charge in [0.25, 0.3) is 5.40 Å². The lowest BCUT2D eigenvalue weighted by atomic mass is 9.86. The van der Waals surface area contributed by atoms with Gasteiger partial charge in [-0.15, -0.1) is 4.91 Å². The van der Waals surface area contributed by atoms with Gasteiger partial charge in [-0.1, -0.05) is 34.9 Å². The van der Waals surface area contributed by atoms with Crippen molar-refractivity contribution in [2.75, 3.05) is 0 Å². The lowest BCUT2D eigenvalue weighted by Gasteiger charge is -2.37. The van der Waals surface area contributed by atoms with Gasteiger partial charge in [-0.2, -0.15) is 4.89 Å². The monoisotopic (exact) mass is 636 g/mol. The van der Waals surface area contributed by atoms with E-state index < -0.39 is 39.8 Å². The van der Waals surface area contributed by atoms with Crippen LogP contribution in [0.5, 0.6) is 11.5 Å². The van der Waals surface area contributed by atoms with Crippen LogP contribution in [0.3, 0.4) is 0 Å². The van der Waals surface area contributed by atoms with Crippen molar-refractivity contribution in [3.05, 3.63) is 62.6 Å². The molecule has 4 atom stereocenters. The summed E-state index contributed by atoms with van der Waals surface area (Å²) in [7, 11) is -7.93. The number of esters is 1. The average Bonchev–Trinajstić information content (AvgIpc) is 2.91. The van der Waals surface area contributed by atoms with Crippen LogP contribution in [0.15, 0.2) is 46.0 Å². The highest BCUT2D eigenvalue weighted by Crippen LogP contribution is 2.58. The molecule has 0 fully saturated rings. The number of ether oxygens (including phenoxy) is 2. The molecule has 1 aromatic rings. The van der Waals surface area contributed by atoms with E-state index in [1.165, 1.54) is 16.7 Å². The normalized spacial score (nSPS) is 19.4. The Balaban J connectivity index is 1.97. The number of carbonyl (C=O) groups is 1. The molecule has 1 aliphatic heterocycles. The first-order chi connectivity index (χ1) is 20.1. The highest BCUT2D eigenvalue weighted by Gasteiger charge is 2.48. The number of benzene rings is 1. The first kappa shape index (κ1) is 36.8. The first-order valence-corrected chi connectivity index (χ1v) is 17.8. The van der Waals surface area contributed by atoms with E-state index in [4.69, 9.17) is 9.47 Å². The lowest BCUT2D eigenvalue weighted by molar-refractivity contribution is -0.134. The van der Waals surface area contributed by atoms with Crippen molar-refractivity contribution in [1.82, 2.24) is 0 Å². The molecular formula is C32H48NO8P2+. The minimum Gasteiger partial charge on any atom is -0.487 e. The summed E-state index contributed by atoms with van der Waals surface area (Å²) in [6.07, 6.45) is 13.7. The zero-order valence-electron chi connectivity index (χ0n) is 26.6. The van der Waals surface area contributed by atoms with Crippen LogP contribution in [0.25, 0.3) is 0 Å². The molecule has 238 valence electrons. The van der Waals surface area contributed by atoms with Crippen molar-refractivity contribution in [2.45, 2.75) is 124 Å². The minimum atomic E-state index is -4.75. The number of aryl methyl sites for hydroxylation is 1. The van der Waals surface area contributed by atoms with E-state index >= 15 is 0 Å². The molecule has 0 amide bonds. The van der Waals surface area contributed by atoms with Gasteiger partial charge in [-0.3, -0.25) is 9.36 Å². The highest BCUT2D eigenvalue weighted by atomic mass is 31.2. The summed E-state index contributed by atoms with van der Waals surface area (Å²) in [4.78, 5) is 44.1. The second-order valence-corrected chi connectivity index (χ2v) is 15.7. The van der Waals surface area contributed by atoms with E-state index in [1.807, 2.05) is 13.8 Å². The standard InChI is InChI=1S/C32H47NO8P2/c1-22(2)11-8-12-23(3)13-9-14-24(4)15-10-19-32(7)20-18-27-21-28(25(5)26(6)31(27)41-32)40-29(34)16-17-30(42(36)37)43(38,39)33-35/h11,13,15,21,30H,8-10,12,14,16-20H2,1-7H3,(H-,36,37,38,39)/p+1/b23-13+,24-15+. The Morgan fingerprint density at radius 2 is 1.70 bits per heavy atom. The fraction of sp³-hybridized carbons (Fsp3) is 0.594. The predicted molar refractivity (Wildman–Crippen MR) is 172 cm³/mol. The predicted octanol–water partition coefficient (Wildman–Crippen LogP) is 9.28. The van der Waals surface area contributed by atoms with Crippen molar-refractivity contribution >= 4 is 21.5 Å². The SMILES string of the molecule is CC(C)=CCC/C(C)=C/CC/C(C)=C/CCC1(C)CCc2cc(OC(=O)CCC([P+](=O)O)P(=O)(O)N=O)c(C)c(C)c2O1. The molecule has 1 aromatic carbocycles. The van der Waals surface area contributed by atoms with Gasteiger partial charge in [0.2, 0.25) is 0 Å². The number of hydrogen-bond donors (Lipinski definition) is 2. The third-order valence-electron chi connectivity index (χ3n) is 8.02. The van der Waals surface area contributed by atoms with E-state index in [-0.39, 0.29) is 5.60 Å². The fourth-order valence-electron chi connectivity index (χ4n) is 5.08. The summed E-state index contributed by atoms with van der Waals surface area (Å²) in [5.41, 5.74) is 6.39. The van der Waals surface area contributed by atoms with E-state index in [9.17, 15) is 28.6 Å².